The zero-order chi connectivity index (χ0) is 13.6. The van der Waals surface area contributed by atoms with Crippen LogP contribution in [0.25, 0.3) is 0 Å². The van der Waals surface area contributed by atoms with Crippen LogP contribution < -0.4 is 5.32 Å². The van der Waals surface area contributed by atoms with Crippen LogP contribution in [0.2, 0.25) is 0 Å². The van der Waals surface area contributed by atoms with Crippen LogP contribution in [-0.2, 0) is 16.6 Å². The highest BCUT2D eigenvalue weighted by atomic mass is 16.1. The van der Waals surface area contributed by atoms with Gasteiger partial charge in [-0.05, 0) is 16.5 Å². The van der Waals surface area contributed by atoms with Gasteiger partial charge >= 0.3 is 0 Å². The largest absolute Gasteiger partial charge is 0.307 e. The number of rotatable bonds is 6. The van der Waals surface area contributed by atoms with E-state index in [1.54, 1.807) is 6.08 Å². The van der Waals surface area contributed by atoms with E-state index in [2.05, 4.69) is 44.8 Å². The Labute approximate surface area is 110 Å². The molecule has 0 radical (unpaired) electrons. The summed E-state index contributed by atoms with van der Waals surface area (Å²) in [5.74, 6) is 0.209. The van der Waals surface area contributed by atoms with Crippen molar-refractivity contribution in [3.63, 3.8) is 0 Å². The Bertz CT molecular complexity index is 398. The summed E-state index contributed by atoms with van der Waals surface area (Å²) in [6, 6.07) is 8.32. The molecule has 0 bridgehead atoms. The maximum absolute atomic E-state index is 11.7. The summed E-state index contributed by atoms with van der Waals surface area (Å²) in [5.41, 5.74) is 2.53. The SMILES string of the molecule is C=CCNCC(=O)Cc1ccc(C(C)(C)C)cc1. The van der Waals surface area contributed by atoms with Gasteiger partial charge in [-0.1, -0.05) is 51.1 Å². The smallest absolute Gasteiger partial charge is 0.150 e. The van der Waals surface area contributed by atoms with Crippen molar-refractivity contribution in [2.75, 3.05) is 13.1 Å². The van der Waals surface area contributed by atoms with Gasteiger partial charge in [0.05, 0.1) is 6.54 Å². The van der Waals surface area contributed by atoms with E-state index >= 15 is 0 Å². The number of Topliss-reactive ketones (excluding diaryl/α,β-unsaturated/α-hetero) is 1. The van der Waals surface area contributed by atoms with Crippen LogP contribution in [0.1, 0.15) is 31.9 Å². The molecule has 0 saturated carbocycles. The van der Waals surface area contributed by atoms with Gasteiger partial charge in [0.15, 0.2) is 5.78 Å². The molecule has 2 heteroatoms. The molecule has 0 aromatic heterocycles. The fourth-order valence-corrected chi connectivity index (χ4v) is 1.73. The molecule has 1 rings (SSSR count). The van der Waals surface area contributed by atoms with E-state index in [0.29, 0.717) is 19.5 Å². The summed E-state index contributed by atoms with van der Waals surface area (Å²) in [4.78, 5) is 11.7. The molecule has 0 atom stereocenters. The number of nitrogens with one attached hydrogen (secondary N) is 1. The van der Waals surface area contributed by atoms with Crippen molar-refractivity contribution in [2.45, 2.75) is 32.6 Å². The lowest BCUT2D eigenvalue weighted by Gasteiger charge is -2.19. The van der Waals surface area contributed by atoms with Crippen molar-refractivity contribution in [1.29, 1.82) is 0 Å². The Morgan fingerprint density at radius 3 is 2.39 bits per heavy atom. The van der Waals surface area contributed by atoms with E-state index in [1.807, 2.05) is 12.1 Å². The van der Waals surface area contributed by atoms with E-state index in [9.17, 15) is 4.79 Å². The average Bonchev–Trinajstić information content (AvgIpc) is 2.29. The predicted molar refractivity (Wildman–Crippen MR) is 76.9 cm³/mol. The molecule has 1 N–H and O–H groups in total. The first-order valence-corrected chi connectivity index (χ1v) is 6.36. The van der Waals surface area contributed by atoms with Gasteiger partial charge in [0.25, 0.3) is 0 Å². The summed E-state index contributed by atoms with van der Waals surface area (Å²) in [5, 5.41) is 3.02. The van der Waals surface area contributed by atoms with E-state index in [0.717, 1.165) is 5.56 Å². The van der Waals surface area contributed by atoms with Gasteiger partial charge in [0.1, 0.15) is 0 Å². The molecule has 1 aromatic carbocycles. The third-order valence-electron chi connectivity index (χ3n) is 2.83. The summed E-state index contributed by atoms with van der Waals surface area (Å²) in [6.45, 7) is 11.2. The lowest BCUT2D eigenvalue weighted by molar-refractivity contribution is -0.117. The molecule has 0 aliphatic heterocycles. The summed E-state index contributed by atoms with van der Waals surface area (Å²) >= 11 is 0. The number of hydrogen-bond acceptors (Lipinski definition) is 2. The quantitative estimate of drug-likeness (QED) is 0.617. The minimum Gasteiger partial charge on any atom is -0.307 e. The van der Waals surface area contributed by atoms with Gasteiger partial charge in [-0.15, -0.1) is 6.58 Å². The topological polar surface area (TPSA) is 29.1 Å². The van der Waals surface area contributed by atoms with Gasteiger partial charge in [-0.3, -0.25) is 4.79 Å². The van der Waals surface area contributed by atoms with Gasteiger partial charge in [0.2, 0.25) is 0 Å². The molecule has 2 nitrogen and oxygen atoms in total. The van der Waals surface area contributed by atoms with Gasteiger partial charge < -0.3 is 5.32 Å². The van der Waals surface area contributed by atoms with Crippen molar-refractivity contribution < 1.29 is 4.79 Å². The minimum atomic E-state index is 0.161. The Morgan fingerprint density at radius 2 is 1.89 bits per heavy atom. The lowest BCUT2D eigenvalue weighted by Crippen LogP contribution is -2.24. The van der Waals surface area contributed by atoms with Crippen molar-refractivity contribution in [3.05, 3.63) is 48.0 Å². The molecule has 0 heterocycles. The third kappa shape index (κ3) is 4.84. The second-order valence-corrected chi connectivity index (χ2v) is 5.58. The Balaban J connectivity index is 2.53. The van der Waals surface area contributed by atoms with Gasteiger partial charge in [-0.2, -0.15) is 0 Å². The highest BCUT2D eigenvalue weighted by molar-refractivity contribution is 5.82. The first kappa shape index (κ1) is 14.7. The number of benzene rings is 1. The Kier molecular flexibility index (Phi) is 5.29. The molecular formula is C16H23NO. The fourth-order valence-electron chi connectivity index (χ4n) is 1.73. The molecule has 0 amide bonds. The summed E-state index contributed by atoms with van der Waals surface area (Å²) in [6.07, 6.45) is 2.25. The normalized spacial score (nSPS) is 11.3. The molecule has 0 aliphatic rings. The van der Waals surface area contributed by atoms with Crippen LogP contribution in [0.3, 0.4) is 0 Å². The molecule has 18 heavy (non-hydrogen) atoms. The second-order valence-electron chi connectivity index (χ2n) is 5.58. The fraction of sp³-hybridized carbons (Fsp3) is 0.438. The molecular weight excluding hydrogens is 222 g/mol. The Hall–Kier alpha value is -1.41. The number of ketones is 1. The summed E-state index contributed by atoms with van der Waals surface area (Å²) < 4.78 is 0. The van der Waals surface area contributed by atoms with Crippen molar-refractivity contribution in [1.82, 2.24) is 5.32 Å². The highest BCUT2D eigenvalue weighted by Gasteiger charge is 2.13. The molecule has 98 valence electrons. The monoisotopic (exact) mass is 245 g/mol. The predicted octanol–water partition coefficient (Wildman–Crippen LogP) is 2.87. The van der Waals surface area contributed by atoms with Crippen molar-refractivity contribution in [2.24, 2.45) is 0 Å². The van der Waals surface area contributed by atoms with E-state index in [1.165, 1.54) is 5.56 Å². The molecule has 0 unspecified atom stereocenters. The first-order valence-electron chi connectivity index (χ1n) is 6.36. The van der Waals surface area contributed by atoms with E-state index < -0.39 is 0 Å². The third-order valence-corrected chi connectivity index (χ3v) is 2.83. The lowest BCUT2D eigenvalue weighted by atomic mass is 9.86. The van der Waals surface area contributed by atoms with Crippen LogP contribution in [0.5, 0.6) is 0 Å². The number of hydrogen-bond donors (Lipinski definition) is 1. The average molecular weight is 245 g/mol. The maximum Gasteiger partial charge on any atom is 0.150 e. The van der Waals surface area contributed by atoms with E-state index in [-0.39, 0.29) is 11.2 Å². The molecule has 0 fully saturated rings. The number of carbonyl (C=O) groups excluding carboxylic acids is 1. The van der Waals surface area contributed by atoms with Crippen LogP contribution >= 0.6 is 0 Å². The zero-order valence-corrected chi connectivity index (χ0v) is 11.6. The van der Waals surface area contributed by atoms with Crippen LogP contribution in [0.4, 0.5) is 0 Å². The summed E-state index contributed by atoms with van der Waals surface area (Å²) in [7, 11) is 0. The molecule has 0 aliphatic carbocycles. The van der Waals surface area contributed by atoms with Crippen LogP contribution in [0.15, 0.2) is 36.9 Å². The van der Waals surface area contributed by atoms with Gasteiger partial charge in [-0.25, -0.2) is 0 Å². The van der Waals surface area contributed by atoms with Crippen LogP contribution in [0, 0.1) is 0 Å². The highest BCUT2D eigenvalue weighted by Crippen LogP contribution is 2.22. The standard InChI is InChI=1S/C16H23NO/c1-5-10-17-12-15(18)11-13-6-8-14(9-7-13)16(2,3)4/h5-9,17H,1,10-12H2,2-4H3. The molecule has 0 spiro atoms. The van der Waals surface area contributed by atoms with Crippen molar-refractivity contribution in [3.8, 4) is 0 Å². The minimum absolute atomic E-state index is 0.161. The number of carbonyl (C=O) groups is 1. The van der Waals surface area contributed by atoms with E-state index in [4.69, 9.17) is 0 Å². The maximum atomic E-state index is 11.7. The molecule has 1 aromatic rings. The second kappa shape index (κ2) is 6.50. The Morgan fingerprint density at radius 1 is 1.28 bits per heavy atom. The van der Waals surface area contributed by atoms with Crippen molar-refractivity contribution >= 4 is 5.78 Å². The molecule has 0 saturated heterocycles. The first-order chi connectivity index (χ1) is 8.43. The van der Waals surface area contributed by atoms with Crippen LogP contribution in [-0.4, -0.2) is 18.9 Å². The zero-order valence-electron chi connectivity index (χ0n) is 11.6. The van der Waals surface area contributed by atoms with Gasteiger partial charge in [0, 0.05) is 13.0 Å².